The SMILES string of the molecule is CCC1(CC)C[C@@H](NC(=O)[C@H](C)Sc2ccccc2)c2ccccc2O1. The Hall–Kier alpha value is -1.94. The summed E-state index contributed by atoms with van der Waals surface area (Å²) in [5, 5.41) is 3.13. The van der Waals surface area contributed by atoms with Gasteiger partial charge in [0.05, 0.1) is 11.3 Å². The van der Waals surface area contributed by atoms with Gasteiger partial charge in [-0.05, 0) is 38.0 Å². The van der Waals surface area contributed by atoms with E-state index in [0.717, 1.165) is 35.5 Å². The van der Waals surface area contributed by atoms with E-state index in [1.807, 2.05) is 55.5 Å². The number of amides is 1. The van der Waals surface area contributed by atoms with E-state index in [0.29, 0.717) is 0 Å². The summed E-state index contributed by atoms with van der Waals surface area (Å²) in [6.07, 6.45) is 2.67. The third-order valence-electron chi connectivity index (χ3n) is 5.23. The van der Waals surface area contributed by atoms with E-state index < -0.39 is 0 Å². The maximum Gasteiger partial charge on any atom is 0.233 e. The monoisotopic (exact) mass is 369 g/mol. The first-order valence-corrected chi connectivity index (χ1v) is 10.2. The molecule has 0 saturated heterocycles. The molecule has 1 aliphatic rings. The minimum Gasteiger partial charge on any atom is -0.487 e. The van der Waals surface area contributed by atoms with Gasteiger partial charge in [0.15, 0.2) is 0 Å². The van der Waals surface area contributed by atoms with Gasteiger partial charge in [0.25, 0.3) is 0 Å². The zero-order valence-corrected chi connectivity index (χ0v) is 16.5. The second-order valence-electron chi connectivity index (χ2n) is 6.87. The van der Waals surface area contributed by atoms with Crippen molar-refractivity contribution >= 4 is 17.7 Å². The molecule has 0 radical (unpaired) electrons. The van der Waals surface area contributed by atoms with Gasteiger partial charge in [-0.2, -0.15) is 0 Å². The molecule has 1 heterocycles. The molecule has 1 amide bonds. The number of carbonyl (C=O) groups excluding carboxylic acids is 1. The Labute approximate surface area is 160 Å². The highest BCUT2D eigenvalue weighted by atomic mass is 32.2. The van der Waals surface area contributed by atoms with Gasteiger partial charge in [-0.15, -0.1) is 11.8 Å². The molecule has 0 bridgehead atoms. The van der Waals surface area contributed by atoms with E-state index in [1.54, 1.807) is 11.8 Å². The zero-order chi connectivity index (χ0) is 18.6. The van der Waals surface area contributed by atoms with Gasteiger partial charge in [0.1, 0.15) is 11.4 Å². The Balaban J connectivity index is 1.76. The summed E-state index contributed by atoms with van der Waals surface area (Å²) in [5.74, 6) is 0.970. The number of ether oxygens (including phenoxy) is 1. The minimum atomic E-state index is -0.206. The fraction of sp³-hybridized carbons (Fsp3) is 0.409. The smallest absolute Gasteiger partial charge is 0.233 e. The van der Waals surface area contributed by atoms with Crippen molar-refractivity contribution < 1.29 is 9.53 Å². The van der Waals surface area contributed by atoms with Crippen LogP contribution in [0.5, 0.6) is 5.75 Å². The van der Waals surface area contributed by atoms with E-state index in [2.05, 4.69) is 25.2 Å². The van der Waals surface area contributed by atoms with E-state index in [9.17, 15) is 4.79 Å². The van der Waals surface area contributed by atoms with Crippen molar-refractivity contribution in [1.29, 1.82) is 0 Å². The van der Waals surface area contributed by atoms with Crippen LogP contribution in [0, 0.1) is 0 Å². The minimum absolute atomic E-state index is 0.00817. The van der Waals surface area contributed by atoms with Crippen LogP contribution in [0.4, 0.5) is 0 Å². The summed E-state index contributed by atoms with van der Waals surface area (Å²) < 4.78 is 6.33. The number of benzene rings is 2. The molecule has 4 heteroatoms. The molecule has 1 aliphatic heterocycles. The Kier molecular flexibility index (Phi) is 5.92. The fourth-order valence-electron chi connectivity index (χ4n) is 3.48. The second kappa shape index (κ2) is 8.17. The van der Waals surface area contributed by atoms with Gasteiger partial charge in [-0.1, -0.05) is 50.2 Å². The molecule has 0 fully saturated rings. The van der Waals surface area contributed by atoms with Crippen molar-refractivity contribution in [2.24, 2.45) is 0 Å². The van der Waals surface area contributed by atoms with Crippen molar-refractivity contribution in [2.45, 2.75) is 61.8 Å². The van der Waals surface area contributed by atoms with Crippen LogP contribution in [0.3, 0.4) is 0 Å². The molecule has 0 unspecified atom stereocenters. The van der Waals surface area contributed by atoms with Crippen LogP contribution in [-0.2, 0) is 4.79 Å². The predicted molar refractivity (Wildman–Crippen MR) is 108 cm³/mol. The molecule has 2 aromatic carbocycles. The predicted octanol–water partition coefficient (Wildman–Crippen LogP) is 5.37. The molecule has 1 N–H and O–H groups in total. The van der Waals surface area contributed by atoms with Crippen LogP contribution in [-0.4, -0.2) is 16.8 Å². The Morgan fingerprint density at radius 3 is 2.50 bits per heavy atom. The summed E-state index contributed by atoms with van der Waals surface area (Å²) >= 11 is 1.59. The highest BCUT2D eigenvalue weighted by Crippen LogP contribution is 2.42. The topological polar surface area (TPSA) is 38.3 Å². The van der Waals surface area contributed by atoms with Crippen LogP contribution < -0.4 is 10.1 Å². The molecule has 3 rings (SSSR count). The number of nitrogens with one attached hydrogen (secondary N) is 1. The van der Waals surface area contributed by atoms with Crippen LogP contribution in [0.1, 0.15) is 51.6 Å². The first kappa shape index (κ1) is 18.8. The van der Waals surface area contributed by atoms with E-state index in [4.69, 9.17) is 4.74 Å². The highest BCUT2D eigenvalue weighted by molar-refractivity contribution is 8.00. The standard InChI is InChI=1S/C22H27NO2S/c1-4-22(5-2)15-19(18-13-9-10-14-20(18)25-22)23-21(24)16(3)26-17-11-7-6-8-12-17/h6-14,16,19H,4-5,15H2,1-3H3,(H,23,24)/t16-,19+/m0/s1. The number of hydrogen-bond acceptors (Lipinski definition) is 3. The molecule has 138 valence electrons. The van der Waals surface area contributed by atoms with E-state index in [1.165, 1.54) is 0 Å². The van der Waals surface area contributed by atoms with Gasteiger partial charge in [0.2, 0.25) is 5.91 Å². The number of fused-ring (bicyclic) bond motifs is 1. The summed E-state index contributed by atoms with van der Waals surface area (Å²) in [6.45, 7) is 6.28. The van der Waals surface area contributed by atoms with Crippen LogP contribution in [0.2, 0.25) is 0 Å². The summed E-state index contributed by atoms with van der Waals surface area (Å²) in [4.78, 5) is 14.0. The maximum absolute atomic E-state index is 12.8. The number of hydrogen-bond donors (Lipinski definition) is 1. The third-order valence-corrected chi connectivity index (χ3v) is 6.34. The Morgan fingerprint density at radius 2 is 1.81 bits per heavy atom. The molecule has 0 aliphatic carbocycles. The molecule has 2 atom stereocenters. The summed E-state index contributed by atoms with van der Waals surface area (Å²) in [7, 11) is 0. The first-order valence-electron chi connectivity index (χ1n) is 9.37. The molecule has 2 aromatic rings. The van der Waals surface area contributed by atoms with Crippen LogP contribution in [0.25, 0.3) is 0 Å². The molecular weight excluding hydrogens is 342 g/mol. The molecule has 0 saturated carbocycles. The van der Waals surface area contributed by atoms with Gasteiger partial charge in [0, 0.05) is 16.9 Å². The van der Waals surface area contributed by atoms with Crippen molar-refractivity contribution in [3.63, 3.8) is 0 Å². The fourth-order valence-corrected chi connectivity index (χ4v) is 4.37. The van der Waals surface area contributed by atoms with Crippen LogP contribution >= 0.6 is 11.8 Å². The van der Waals surface area contributed by atoms with Crippen molar-refractivity contribution in [3.8, 4) is 5.75 Å². The molecular formula is C22H27NO2S. The van der Waals surface area contributed by atoms with Gasteiger partial charge in [-0.3, -0.25) is 4.79 Å². The lowest BCUT2D eigenvalue weighted by atomic mass is 9.83. The Morgan fingerprint density at radius 1 is 1.15 bits per heavy atom. The molecule has 3 nitrogen and oxygen atoms in total. The largest absolute Gasteiger partial charge is 0.487 e. The number of rotatable bonds is 6. The number of carbonyl (C=O) groups is 1. The zero-order valence-electron chi connectivity index (χ0n) is 15.7. The summed E-state index contributed by atoms with van der Waals surface area (Å²) in [5.41, 5.74) is 0.873. The lowest BCUT2D eigenvalue weighted by Crippen LogP contribution is -2.45. The lowest BCUT2D eigenvalue weighted by Gasteiger charge is -2.42. The van der Waals surface area contributed by atoms with Gasteiger partial charge >= 0.3 is 0 Å². The van der Waals surface area contributed by atoms with E-state index >= 15 is 0 Å². The van der Waals surface area contributed by atoms with Gasteiger partial charge < -0.3 is 10.1 Å². The quantitative estimate of drug-likeness (QED) is 0.696. The molecule has 0 spiro atoms. The van der Waals surface area contributed by atoms with Crippen LogP contribution in [0.15, 0.2) is 59.5 Å². The van der Waals surface area contributed by atoms with Crippen molar-refractivity contribution in [3.05, 3.63) is 60.2 Å². The second-order valence-corrected chi connectivity index (χ2v) is 8.28. The number of thioether (sulfide) groups is 1. The van der Waals surface area contributed by atoms with Gasteiger partial charge in [-0.25, -0.2) is 0 Å². The summed E-state index contributed by atoms with van der Waals surface area (Å²) in [6, 6.07) is 18.1. The first-order chi connectivity index (χ1) is 12.6. The van der Waals surface area contributed by atoms with E-state index in [-0.39, 0.29) is 22.8 Å². The molecule has 26 heavy (non-hydrogen) atoms. The average molecular weight is 370 g/mol. The Bertz CT molecular complexity index is 743. The van der Waals surface area contributed by atoms with Crippen molar-refractivity contribution in [1.82, 2.24) is 5.32 Å². The van der Waals surface area contributed by atoms with Crippen molar-refractivity contribution in [2.75, 3.05) is 0 Å². The maximum atomic E-state index is 12.8. The number of para-hydroxylation sites is 1. The molecule has 0 aromatic heterocycles. The average Bonchev–Trinajstić information content (AvgIpc) is 2.68. The lowest BCUT2D eigenvalue weighted by molar-refractivity contribution is -0.121. The third kappa shape index (κ3) is 4.07. The normalized spacial score (nSPS) is 19.1. The highest BCUT2D eigenvalue weighted by Gasteiger charge is 2.39.